The van der Waals surface area contributed by atoms with Crippen molar-refractivity contribution in [2.24, 2.45) is 0 Å². The summed E-state index contributed by atoms with van der Waals surface area (Å²) in [6, 6.07) is 12.8. The maximum atomic E-state index is 12.3. The predicted molar refractivity (Wildman–Crippen MR) is 75.6 cm³/mol. The number of aryl methyl sites for hydroxylation is 1. The van der Waals surface area contributed by atoms with Crippen molar-refractivity contribution in [3.05, 3.63) is 65.2 Å². The Kier molecular flexibility index (Phi) is 4.30. The molecule has 1 heterocycles. The second kappa shape index (κ2) is 6.01. The molecule has 0 spiro atoms. The predicted octanol–water partition coefficient (Wildman–Crippen LogP) is 3.84. The molecule has 2 aromatic carbocycles. The van der Waals surface area contributed by atoms with E-state index in [-0.39, 0.29) is 11.3 Å². The van der Waals surface area contributed by atoms with Gasteiger partial charge in [0.25, 0.3) is 11.7 Å². The number of hydrogen-bond donors (Lipinski definition) is 1. The molecular formula is C16H12F3NO2. The Hall–Kier alpha value is -2.63. The lowest BCUT2D eigenvalue weighted by molar-refractivity contribution is -0.137. The number of fused-ring (bicyclic) bond motifs is 1. The molecule has 3 rings (SSSR count). The zero-order chi connectivity index (χ0) is 16.3. The first kappa shape index (κ1) is 15.8. The van der Waals surface area contributed by atoms with Crippen LogP contribution >= 0.6 is 0 Å². The topological polar surface area (TPSA) is 46.2 Å². The van der Waals surface area contributed by atoms with Crippen molar-refractivity contribution in [1.29, 1.82) is 0 Å². The summed E-state index contributed by atoms with van der Waals surface area (Å²) in [6.45, 7) is 2.08. The van der Waals surface area contributed by atoms with Crippen molar-refractivity contribution in [2.45, 2.75) is 13.1 Å². The Morgan fingerprint density at radius 2 is 1.59 bits per heavy atom. The highest BCUT2D eigenvalue weighted by molar-refractivity contribution is 6.51. The highest BCUT2D eigenvalue weighted by Crippen LogP contribution is 2.33. The van der Waals surface area contributed by atoms with Crippen molar-refractivity contribution < 1.29 is 22.8 Å². The molecule has 1 N–H and O–H groups in total. The normalized spacial score (nSPS) is 13.1. The molecule has 1 aliphatic heterocycles. The van der Waals surface area contributed by atoms with Crippen LogP contribution in [0.15, 0.2) is 48.5 Å². The molecule has 114 valence electrons. The first-order valence-electron chi connectivity index (χ1n) is 6.37. The number of anilines is 1. The third kappa shape index (κ3) is 3.52. The molecule has 0 aliphatic carbocycles. The van der Waals surface area contributed by atoms with Gasteiger partial charge in [0.15, 0.2) is 0 Å². The molecule has 1 aliphatic rings. The monoisotopic (exact) mass is 307 g/mol. The van der Waals surface area contributed by atoms with E-state index in [2.05, 4.69) is 24.4 Å². The molecule has 3 nitrogen and oxygen atoms in total. The standard InChI is InChI=1S/C9H4F3NO2.C7H8/c10-9(11,12)4-1-2-6-5(3-4)7(14)8(15)13-6;1-7-5-3-2-4-6-7/h1-3H,(H,13,14,15);2-6H,1H3. The summed E-state index contributed by atoms with van der Waals surface area (Å²) in [7, 11) is 0. The van der Waals surface area contributed by atoms with Gasteiger partial charge in [0.2, 0.25) is 0 Å². The molecule has 0 atom stereocenters. The van der Waals surface area contributed by atoms with E-state index >= 15 is 0 Å². The summed E-state index contributed by atoms with van der Waals surface area (Å²) in [4.78, 5) is 21.9. The van der Waals surface area contributed by atoms with Gasteiger partial charge in [0.05, 0.1) is 16.8 Å². The summed E-state index contributed by atoms with van der Waals surface area (Å²) in [6.07, 6.45) is -4.51. The van der Waals surface area contributed by atoms with Crippen molar-refractivity contribution in [3.63, 3.8) is 0 Å². The SMILES string of the molecule is Cc1ccccc1.O=C1Nc2ccc(C(F)(F)F)cc2C1=O. The Morgan fingerprint density at radius 1 is 0.955 bits per heavy atom. The molecule has 0 saturated heterocycles. The van der Waals surface area contributed by atoms with Crippen LogP contribution in [0.3, 0.4) is 0 Å². The van der Waals surface area contributed by atoms with Crippen LogP contribution in [0.4, 0.5) is 18.9 Å². The Bertz CT molecular complexity index is 709. The van der Waals surface area contributed by atoms with Crippen molar-refractivity contribution in [2.75, 3.05) is 5.32 Å². The number of nitrogens with one attached hydrogen (secondary N) is 1. The molecule has 0 unspecified atom stereocenters. The number of hydrogen-bond acceptors (Lipinski definition) is 2. The van der Waals surface area contributed by atoms with Crippen molar-refractivity contribution >= 4 is 17.4 Å². The molecule has 22 heavy (non-hydrogen) atoms. The Balaban J connectivity index is 0.000000211. The Morgan fingerprint density at radius 3 is 2.09 bits per heavy atom. The summed E-state index contributed by atoms with van der Waals surface area (Å²) in [5.41, 5.74) is 0.279. The lowest BCUT2D eigenvalue weighted by Gasteiger charge is -2.06. The van der Waals surface area contributed by atoms with Gasteiger partial charge in [-0.1, -0.05) is 35.9 Å². The number of alkyl halides is 3. The van der Waals surface area contributed by atoms with Gasteiger partial charge in [-0.2, -0.15) is 13.2 Å². The van der Waals surface area contributed by atoms with E-state index < -0.39 is 23.4 Å². The van der Waals surface area contributed by atoms with Gasteiger partial charge in [-0.3, -0.25) is 9.59 Å². The quantitative estimate of drug-likeness (QED) is 0.752. The van der Waals surface area contributed by atoms with Crippen LogP contribution in [0.2, 0.25) is 0 Å². The maximum Gasteiger partial charge on any atom is 0.416 e. The van der Waals surface area contributed by atoms with Gasteiger partial charge >= 0.3 is 6.18 Å². The largest absolute Gasteiger partial charge is 0.416 e. The highest BCUT2D eigenvalue weighted by atomic mass is 19.4. The van der Waals surface area contributed by atoms with Gasteiger partial charge in [0, 0.05) is 0 Å². The zero-order valence-corrected chi connectivity index (χ0v) is 11.6. The van der Waals surface area contributed by atoms with Gasteiger partial charge in [-0.05, 0) is 25.1 Å². The fourth-order valence-electron chi connectivity index (χ4n) is 1.85. The lowest BCUT2D eigenvalue weighted by atomic mass is 10.1. The number of rotatable bonds is 0. The number of Topliss-reactive ketones (excluding diaryl/α,β-unsaturated/α-hetero) is 1. The third-order valence-corrected chi connectivity index (χ3v) is 2.99. The zero-order valence-electron chi connectivity index (χ0n) is 11.6. The van der Waals surface area contributed by atoms with Gasteiger partial charge in [-0.15, -0.1) is 0 Å². The van der Waals surface area contributed by atoms with E-state index in [0.29, 0.717) is 6.07 Å². The molecule has 2 aromatic rings. The second-order valence-electron chi connectivity index (χ2n) is 4.70. The van der Waals surface area contributed by atoms with Crippen LogP contribution in [0.5, 0.6) is 0 Å². The molecule has 0 fully saturated rings. The van der Waals surface area contributed by atoms with Gasteiger partial charge in [-0.25, -0.2) is 0 Å². The number of halogens is 3. The van der Waals surface area contributed by atoms with Crippen molar-refractivity contribution in [3.8, 4) is 0 Å². The van der Waals surface area contributed by atoms with Crippen LogP contribution in [0.25, 0.3) is 0 Å². The summed E-state index contributed by atoms with van der Waals surface area (Å²) >= 11 is 0. The van der Waals surface area contributed by atoms with E-state index in [0.717, 1.165) is 12.1 Å². The average molecular weight is 307 g/mol. The van der Waals surface area contributed by atoms with E-state index in [9.17, 15) is 22.8 Å². The summed E-state index contributed by atoms with van der Waals surface area (Å²) in [5.74, 6) is -1.83. The molecule has 1 amide bonds. The summed E-state index contributed by atoms with van der Waals surface area (Å²) in [5, 5.41) is 2.17. The Labute approximate surface area is 124 Å². The second-order valence-corrected chi connectivity index (χ2v) is 4.70. The lowest BCUT2D eigenvalue weighted by Crippen LogP contribution is -2.12. The third-order valence-electron chi connectivity index (χ3n) is 2.99. The van der Waals surface area contributed by atoms with Crippen LogP contribution in [-0.4, -0.2) is 11.7 Å². The number of carbonyl (C=O) groups is 2. The number of benzene rings is 2. The van der Waals surface area contributed by atoms with E-state index in [1.807, 2.05) is 18.2 Å². The van der Waals surface area contributed by atoms with E-state index in [1.54, 1.807) is 0 Å². The summed E-state index contributed by atoms with van der Waals surface area (Å²) < 4.78 is 36.8. The first-order chi connectivity index (χ1) is 10.3. The number of carbonyl (C=O) groups excluding carboxylic acids is 2. The van der Waals surface area contributed by atoms with Gasteiger partial charge < -0.3 is 5.32 Å². The maximum absolute atomic E-state index is 12.3. The number of amides is 1. The molecular weight excluding hydrogens is 295 g/mol. The molecule has 0 aromatic heterocycles. The molecule has 0 radical (unpaired) electrons. The van der Waals surface area contributed by atoms with E-state index in [4.69, 9.17) is 0 Å². The van der Waals surface area contributed by atoms with Gasteiger partial charge in [0.1, 0.15) is 0 Å². The van der Waals surface area contributed by atoms with Crippen LogP contribution in [-0.2, 0) is 11.0 Å². The minimum Gasteiger partial charge on any atom is -0.318 e. The van der Waals surface area contributed by atoms with Crippen LogP contribution < -0.4 is 5.32 Å². The molecule has 0 saturated carbocycles. The van der Waals surface area contributed by atoms with Crippen LogP contribution in [0, 0.1) is 6.92 Å². The fraction of sp³-hybridized carbons (Fsp3) is 0.125. The average Bonchev–Trinajstić information content (AvgIpc) is 2.74. The van der Waals surface area contributed by atoms with Crippen LogP contribution in [0.1, 0.15) is 21.5 Å². The minimum absolute atomic E-state index is 0.123. The molecule has 0 bridgehead atoms. The van der Waals surface area contributed by atoms with Crippen molar-refractivity contribution in [1.82, 2.24) is 0 Å². The first-order valence-corrected chi connectivity index (χ1v) is 6.37. The molecule has 6 heteroatoms. The van der Waals surface area contributed by atoms with E-state index in [1.165, 1.54) is 5.56 Å². The highest BCUT2D eigenvalue weighted by Gasteiger charge is 2.35. The smallest absolute Gasteiger partial charge is 0.318 e. The number of ketones is 1. The minimum atomic E-state index is -4.51. The fourth-order valence-corrected chi connectivity index (χ4v) is 1.85.